The van der Waals surface area contributed by atoms with Gasteiger partial charge in [0.1, 0.15) is 12.7 Å². The van der Waals surface area contributed by atoms with E-state index in [1.54, 1.807) is 42.8 Å². The number of Topliss-reactive ketones (excluding diaryl/α,β-unsaturated/α-hetero) is 1. The van der Waals surface area contributed by atoms with Crippen molar-refractivity contribution in [1.29, 1.82) is 0 Å². The van der Waals surface area contributed by atoms with Crippen LogP contribution in [-0.4, -0.2) is 50.7 Å². The maximum Gasteiger partial charge on any atom is 0.339 e. The van der Waals surface area contributed by atoms with Crippen molar-refractivity contribution in [2.24, 2.45) is 0 Å². The minimum absolute atomic E-state index is 0.213. The van der Waals surface area contributed by atoms with E-state index >= 15 is 0 Å². The number of aromatic nitrogens is 4. The van der Waals surface area contributed by atoms with Gasteiger partial charge in [-0.2, -0.15) is 5.10 Å². The third kappa shape index (κ3) is 3.93. The number of H-pyrrole nitrogens is 1. The van der Waals surface area contributed by atoms with Gasteiger partial charge in [0.15, 0.2) is 6.10 Å². The molecule has 1 N–H and O–H groups in total. The maximum absolute atomic E-state index is 12.7. The van der Waals surface area contributed by atoms with Gasteiger partial charge in [-0.15, -0.1) is 0 Å². The molecule has 0 aliphatic carbocycles. The molecule has 0 saturated carbocycles. The molecular weight excluding hydrogens is 376 g/mol. The van der Waals surface area contributed by atoms with Crippen LogP contribution in [0.25, 0.3) is 5.69 Å². The molecule has 0 radical (unpaired) electrons. The normalized spacial score (nSPS) is 11.7. The van der Waals surface area contributed by atoms with Gasteiger partial charge < -0.3 is 14.5 Å². The largest absolute Gasteiger partial charge is 0.465 e. The molecule has 0 bridgehead atoms. The van der Waals surface area contributed by atoms with E-state index in [0.717, 1.165) is 5.69 Å². The van der Waals surface area contributed by atoms with Crippen molar-refractivity contribution in [1.82, 2.24) is 19.7 Å². The summed E-state index contributed by atoms with van der Waals surface area (Å²) in [5.41, 5.74) is 2.52. The zero-order valence-corrected chi connectivity index (χ0v) is 16.4. The molecule has 0 aliphatic rings. The third-order valence-electron chi connectivity index (χ3n) is 4.51. The Morgan fingerprint density at radius 3 is 2.38 bits per heavy atom. The third-order valence-corrected chi connectivity index (χ3v) is 4.51. The van der Waals surface area contributed by atoms with Gasteiger partial charge in [0.05, 0.1) is 29.6 Å². The topological polar surface area (TPSA) is 116 Å². The summed E-state index contributed by atoms with van der Waals surface area (Å²) in [6.07, 6.45) is 1.91. The first-order valence-electron chi connectivity index (χ1n) is 8.81. The van der Waals surface area contributed by atoms with E-state index in [9.17, 15) is 14.4 Å². The van der Waals surface area contributed by atoms with Crippen LogP contribution in [0.4, 0.5) is 0 Å². The van der Waals surface area contributed by atoms with Crippen LogP contribution in [0, 0.1) is 13.8 Å². The van der Waals surface area contributed by atoms with Gasteiger partial charge in [0, 0.05) is 5.69 Å². The molecule has 3 rings (SSSR count). The number of nitrogens with zero attached hydrogens (tertiary/aromatic N) is 3. The van der Waals surface area contributed by atoms with Crippen LogP contribution in [0.2, 0.25) is 0 Å². The molecule has 1 aromatic carbocycles. The Hall–Kier alpha value is -3.75. The van der Waals surface area contributed by atoms with Gasteiger partial charge in [0.2, 0.25) is 5.78 Å². The highest BCUT2D eigenvalue weighted by Gasteiger charge is 2.27. The van der Waals surface area contributed by atoms with Crippen LogP contribution in [0.15, 0.2) is 36.9 Å². The van der Waals surface area contributed by atoms with Crippen molar-refractivity contribution >= 4 is 17.7 Å². The molecule has 2 heterocycles. The number of hydrogen-bond acceptors (Lipinski definition) is 7. The highest BCUT2D eigenvalue weighted by atomic mass is 16.5. The molecule has 0 fully saturated rings. The van der Waals surface area contributed by atoms with Crippen LogP contribution >= 0.6 is 0 Å². The average molecular weight is 396 g/mol. The number of hydrogen-bond donors (Lipinski definition) is 1. The van der Waals surface area contributed by atoms with Crippen molar-refractivity contribution in [3.05, 3.63) is 65.0 Å². The highest BCUT2D eigenvalue weighted by molar-refractivity contribution is 6.04. The van der Waals surface area contributed by atoms with Crippen molar-refractivity contribution in [2.45, 2.75) is 26.9 Å². The zero-order valence-electron chi connectivity index (χ0n) is 16.4. The Morgan fingerprint density at radius 2 is 1.79 bits per heavy atom. The number of esters is 2. The molecule has 3 aromatic rings. The molecule has 1 atom stereocenters. The summed E-state index contributed by atoms with van der Waals surface area (Å²) in [5, 5.41) is 4.01. The number of carbonyl (C=O) groups excluding carboxylic acids is 3. The van der Waals surface area contributed by atoms with Crippen molar-refractivity contribution in [3.8, 4) is 5.69 Å². The van der Waals surface area contributed by atoms with Crippen LogP contribution in [-0.2, 0) is 9.47 Å². The van der Waals surface area contributed by atoms with Gasteiger partial charge in [-0.3, -0.25) is 4.79 Å². The van der Waals surface area contributed by atoms with Crippen LogP contribution in [0.3, 0.4) is 0 Å². The van der Waals surface area contributed by atoms with Crippen LogP contribution in [0.5, 0.6) is 0 Å². The number of benzene rings is 1. The van der Waals surface area contributed by atoms with E-state index in [-0.39, 0.29) is 5.69 Å². The Morgan fingerprint density at radius 1 is 1.10 bits per heavy atom. The van der Waals surface area contributed by atoms with Gasteiger partial charge in [0.25, 0.3) is 0 Å². The van der Waals surface area contributed by atoms with Gasteiger partial charge in [-0.25, -0.2) is 19.3 Å². The summed E-state index contributed by atoms with van der Waals surface area (Å²) < 4.78 is 11.6. The Kier molecular flexibility index (Phi) is 5.58. The van der Waals surface area contributed by atoms with Gasteiger partial charge in [-0.1, -0.05) is 0 Å². The average Bonchev–Trinajstić information content (AvgIpc) is 3.35. The molecule has 0 saturated heterocycles. The maximum atomic E-state index is 12.7. The first-order valence-corrected chi connectivity index (χ1v) is 8.81. The Labute approximate surface area is 166 Å². The number of aromatic amines is 1. The second-order valence-electron chi connectivity index (χ2n) is 6.42. The second kappa shape index (κ2) is 8.09. The molecule has 0 amide bonds. The lowest BCUT2D eigenvalue weighted by Gasteiger charge is -2.12. The second-order valence-corrected chi connectivity index (χ2v) is 6.42. The summed E-state index contributed by atoms with van der Waals surface area (Å²) in [6, 6.07) is 6.55. The monoisotopic (exact) mass is 396 g/mol. The predicted octanol–water partition coefficient (Wildman–Crippen LogP) is 2.43. The van der Waals surface area contributed by atoms with Crippen LogP contribution < -0.4 is 0 Å². The van der Waals surface area contributed by atoms with Crippen molar-refractivity contribution < 1.29 is 23.9 Å². The van der Waals surface area contributed by atoms with Crippen LogP contribution in [0.1, 0.15) is 49.4 Å². The SMILES string of the molecule is COC(=O)c1c(C)[nH]c(C(=O)[C@@H](C)OC(=O)c2ccc(-n3cncn3)cc2)c1C. The number of rotatable bonds is 6. The summed E-state index contributed by atoms with van der Waals surface area (Å²) in [6.45, 7) is 4.79. The highest BCUT2D eigenvalue weighted by Crippen LogP contribution is 2.21. The number of nitrogens with one attached hydrogen (secondary N) is 1. The standard InChI is InChI=1S/C20H20N4O5/c1-11-16(20(27)28-4)12(2)23-17(11)18(25)13(3)29-19(26)14-5-7-15(8-6-14)24-10-21-9-22-24/h5-10,13,23H,1-4H3/t13-/m1/s1. The summed E-state index contributed by atoms with van der Waals surface area (Å²) in [5.74, 6) is -1.61. The van der Waals surface area contributed by atoms with E-state index in [0.29, 0.717) is 22.4 Å². The minimum Gasteiger partial charge on any atom is -0.465 e. The molecule has 2 aromatic heterocycles. The van der Waals surface area contributed by atoms with E-state index in [1.807, 2.05) is 0 Å². The molecule has 0 spiro atoms. The minimum atomic E-state index is -1.04. The number of carbonyl (C=O) groups is 3. The molecule has 0 aliphatic heterocycles. The summed E-state index contributed by atoms with van der Waals surface area (Å²) >= 11 is 0. The Balaban J connectivity index is 1.73. The van der Waals surface area contributed by atoms with Crippen molar-refractivity contribution in [2.75, 3.05) is 7.11 Å². The lowest BCUT2D eigenvalue weighted by Crippen LogP contribution is -2.25. The smallest absolute Gasteiger partial charge is 0.339 e. The number of ketones is 1. The zero-order chi connectivity index (χ0) is 21.1. The van der Waals surface area contributed by atoms with E-state index in [1.165, 1.54) is 26.7 Å². The molecule has 9 heteroatoms. The quantitative estimate of drug-likeness (QED) is 0.502. The fourth-order valence-corrected chi connectivity index (χ4v) is 2.98. The molecule has 29 heavy (non-hydrogen) atoms. The number of methoxy groups -OCH3 is 1. The fourth-order valence-electron chi connectivity index (χ4n) is 2.98. The molecule has 150 valence electrons. The molecule has 9 nitrogen and oxygen atoms in total. The molecule has 0 unspecified atom stereocenters. The van der Waals surface area contributed by atoms with E-state index in [4.69, 9.17) is 9.47 Å². The van der Waals surface area contributed by atoms with E-state index < -0.39 is 23.8 Å². The lowest BCUT2D eigenvalue weighted by molar-refractivity contribution is 0.0316. The Bertz CT molecular complexity index is 1050. The van der Waals surface area contributed by atoms with Crippen molar-refractivity contribution in [3.63, 3.8) is 0 Å². The van der Waals surface area contributed by atoms with Gasteiger partial charge >= 0.3 is 11.9 Å². The fraction of sp³-hybridized carbons (Fsp3) is 0.250. The summed E-state index contributed by atoms with van der Waals surface area (Å²) in [7, 11) is 1.27. The number of aryl methyl sites for hydroxylation is 1. The first-order chi connectivity index (χ1) is 13.8. The van der Waals surface area contributed by atoms with Gasteiger partial charge in [-0.05, 0) is 50.6 Å². The lowest BCUT2D eigenvalue weighted by atomic mass is 10.1. The van der Waals surface area contributed by atoms with E-state index in [2.05, 4.69) is 15.1 Å². The number of ether oxygens (including phenoxy) is 2. The summed E-state index contributed by atoms with van der Waals surface area (Å²) in [4.78, 5) is 43.8. The molecular formula is C20H20N4O5. The predicted molar refractivity (Wildman–Crippen MR) is 102 cm³/mol. The first kappa shape index (κ1) is 20.0.